The maximum absolute atomic E-state index is 11.9. The van der Waals surface area contributed by atoms with Crippen LogP contribution in [-0.2, 0) is 9.53 Å². The van der Waals surface area contributed by atoms with E-state index in [0.29, 0.717) is 5.41 Å². The van der Waals surface area contributed by atoms with Crippen molar-refractivity contribution < 1.29 is 9.53 Å². The molecule has 4 heteroatoms. The van der Waals surface area contributed by atoms with E-state index in [-0.39, 0.29) is 18.6 Å². The van der Waals surface area contributed by atoms with E-state index >= 15 is 0 Å². The third-order valence-corrected chi connectivity index (χ3v) is 4.31. The van der Waals surface area contributed by atoms with Crippen molar-refractivity contribution in [1.29, 1.82) is 0 Å². The lowest BCUT2D eigenvalue weighted by atomic mass is 9.72. The monoisotopic (exact) mass is 254 g/mol. The molecule has 1 spiro atoms. The summed E-state index contributed by atoms with van der Waals surface area (Å²) in [5.41, 5.74) is 0.430. The summed E-state index contributed by atoms with van der Waals surface area (Å²) in [7, 11) is 0. The Bertz CT molecular complexity index is 288. The van der Waals surface area contributed by atoms with E-state index in [1.165, 1.54) is 25.9 Å². The van der Waals surface area contributed by atoms with Crippen LogP contribution in [0.4, 0.5) is 0 Å². The van der Waals surface area contributed by atoms with E-state index in [1.807, 2.05) is 18.7 Å². The number of carbonyl (C=O) groups is 1. The van der Waals surface area contributed by atoms with E-state index in [9.17, 15) is 4.79 Å². The first-order valence-electron chi connectivity index (χ1n) is 7.16. The first kappa shape index (κ1) is 13.8. The van der Waals surface area contributed by atoms with Crippen molar-refractivity contribution in [2.75, 3.05) is 39.3 Å². The zero-order valence-corrected chi connectivity index (χ0v) is 11.9. The van der Waals surface area contributed by atoms with Gasteiger partial charge in [0.15, 0.2) is 0 Å². The minimum Gasteiger partial charge on any atom is -0.369 e. The van der Waals surface area contributed by atoms with Gasteiger partial charge >= 0.3 is 0 Å². The second-order valence-electron chi connectivity index (χ2n) is 6.04. The molecule has 104 valence electrons. The Hall–Kier alpha value is -0.610. The van der Waals surface area contributed by atoms with Crippen LogP contribution in [0.1, 0.15) is 33.6 Å². The maximum Gasteiger partial charge on any atom is 0.248 e. The SMILES string of the molecule is CCN1CCC2(CC1)CN(C(=O)COC(C)C)C2. The van der Waals surface area contributed by atoms with Gasteiger partial charge in [-0.2, -0.15) is 0 Å². The topological polar surface area (TPSA) is 32.8 Å². The first-order chi connectivity index (χ1) is 8.54. The quantitative estimate of drug-likeness (QED) is 0.759. The van der Waals surface area contributed by atoms with Crippen LogP contribution in [0, 0.1) is 5.41 Å². The molecule has 0 bridgehead atoms. The molecular formula is C14H26N2O2. The number of hydrogen-bond donors (Lipinski definition) is 0. The minimum atomic E-state index is 0.136. The summed E-state index contributed by atoms with van der Waals surface area (Å²) in [5, 5.41) is 0. The lowest BCUT2D eigenvalue weighted by Gasteiger charge is -2.54. The molecule has 2 aliphatic heterocycles. The van der Waals surface area contributed by atoms with Crippen LogP contribution < -0.4 is 0 Å². The van der Waals surface area contributed by atoms with Crippen LogP contribution in [0.3, 0.4) is 0 Å². The van der Waals surface area contributed by atoms with E-state index in [2.05, 4.69) is 11.8 Å². The van der Waals surface area contributed by atoms with Crippen molar-refractivity contribution in [1.82, 2.24) is 9.80 Å². The van der Waals surface area contributed by atoms with Crippen molar-refractivity contribution in [2.45, 2.75) is 39.7 Å². The summed E-state index contributed by atoms with van der Waals surface area (Å²) in [6.45, 7) is 11.8. The predicted octanol–water partition coefficient (Wildman–Crippen LogP) is 1.36. The molecule has 2 fully saturated rings. The number of piperidine rings is 1. The second-order valence-corrected chi connectivity index (χ2v) is 6.04. The molecular weight excluding hydrogens is 228 g/mol. The van der Waals surface area contributed by atoms with Crippen molar-refractivity contribution in [3.63, 3.8) is 0 Å². The van der Waals surface area contributed by atoms with Crippen molar-refractivity contribution in [3.8, 4) is 0 Å². The summed E-state index contributed by atoms with van der Waals surface area (Å²) < 4.78 is 5.37. The molecule has 2 rings (SSSR count). The molecule has 18 heavy (non-hydrogen) atoms. The predicted molar refractivity (Wildman–Crippen MR) is 71.4 cm³/mol. The molecule has 0 unspecified atom stereocenters. The summed E-state index contributed by atoms with van der Waals surface area (Å²) >= 11 is 0. The van der Waals surface area contributed by atoms with Crippen LogP contribution in [0.2, 0.25) is 0 Å². The zero-order chi connectivity index (χ0) is 13.2. The van der Waals surface area contributed by atoms with Crippen molar-refractivity contribution in [3.05, 3.63) is 0 Å². The highest BCUT2D eigenvalue weighted by atomic mass is 16.5. The second kappa shape index (κ2) is 5.57. The van der Waals surface area contributed by atoms with Gasteiger partial charge in [0.2, 0.25) is 5.91 Å². The fourth-order valence-electron chi connectivity index (χ4n) is 2.93. The van der Waals surface area contributed by atoms with E-state index in [0.717, 1.165) is 19.6 Å². The fourth-order valence-corrected chi connectivity index (χ4v) is 2.93. The van der Waals surface area contributed by atoms with Gasteiger partial charge in [0, 0.05) is 18.5 Å². The molecule has 2 heterocycles. The highest BCUT2D eigenvalue weighted by Gasteiger charge is 2.46. The summed E-state index contributed by atoms with van der Waals surface area (Å²) in [6, 6.07) is 0. The van der Waals surface area contributed by atoms with Gasteiger partial charge in [-0.05, 0) is 46.3 Å². The Balaban J connectivity index is 1.71. The van der Waals surface area contributed by atoms with Gasteiger partial charge in [0.25, 0.3) is 0 Å². The number of hydrogen-bond acceptors (Lipinski definition) is 3. The molecule has 0 aliphatic carbocycles. The molecule has 0 N–H and O–H groups in total. The van der Waals surface area contributed by atoms with Gasteiger partial charge in [-0.3, -0.25) is 4.79 Å². The minimum absolute atomic E-state index is 0.136. The molecule has 0 radical (unpaired) electrons. The summed E-state index contributed by atoms with van der Waals surface area (Å²) in [5.74, 6) is 0.159. The van der Waals surface area contributed by atoms with Crippen molar-refractivity contribution in [2.24, 2.45) is 5.41 Å². The normalized spacial score (nSPS) is 23.4. The van der Waals surface area contributed by atoms with Crippen LogP contribution >= 0.6 is 0 Å². The molecule has 0 saturated carbocycles. The first-order valence-corrected chi connectivity index (χ1v) is 7.16. The molecule has 2 aliphatic rings. The highest BCUT2D eigenvalue weighted by molar-refractivity contribution is 5.78. The number of carbonyl (C=O) groups excluding carboxylic acids is 1. The number of ether oxygens (including phenoxy) is 1. The van der Waals surface area contributed by atoms with Crippen LogP contribution in [-0.4, -0.2) is 61.1 Å². The Morgan fingerprint density at radius 2 is 1.89 bits per heavy atom. The molecule has 0 aromatic rings. The van der Waals surface area contributed by atoms with Gasteiger partial charge in [0.05, 0.1) is 6.10 Å². The largest absolute Gasteiger partial charge is 0.369 e. The van der Waals surface area contributed by atoms with Gasteiger partial charge in [-0.25, -0.2) is 0 Å². The third-order valence-electron chi connectivity index (χ3n) is 4.31. The van der Waals surface area contributed by atoms with E-state index in [1.54, 1.807) is 0 Å². The Labute approximate surface area is 110 Å². The number of likely N-dealkylation sites (tertiary alicyclic amines) is 2. The zero-order valence-electron chi connectivity index (χ0n) is 11.9. The van der Waals surface area contributed by atoms with Gasteiger partial charge in [0.1, 0.15) is 6.61 Å². The average Bonchev–Trinajstić information content (AvgIpc) is 2.33. The smallest absolute Gasteiger partial charge is 0.248 e. The number of nitrogens with zero attached hydrogens (tertiary/aromatic N) is 2. The summed E-state index contributed by atoms with van der Waals surface area (Å²) in [6.07, 6.45) is 2.63. The molecule has 4 nitrogen and oxygen atoms in total. The Morgan fingerprint density at radius 3 is 2.39 bits per heavy atom. The highest BCUT2D eigenvalue weighted by Crippen LogP contribution is 2.40. The Kier molecular flexibility index (Phi) is 4.28. The maximum atomic E-state index is 11.9. The lowest BCUT2D eigenvalue weighted by molar-refractivity contribution is -0.153. The molecule has 0 aromatic carbocycles. The molecule has 1 amide bonds. The lowest BCUT2D eigenvalue weighted by Crippen LogP contribution is -2.62. The van der Waals surface area contributed by atoms with Gasteiger partial charge in [-0.1, -0.05) is 6.92 Å². The Morgan fingerprint density at radius 1 is 1.28 bits per heavy atom. The van der Waals surface area contributed by atoms with Crippen LogP contribution in [0.15, 0.2) is 0 Å². The van der Waals surface area contributed by atoms with Crippen molar-refractivity contribution >= 4 is 5.91 Å². The van der Waals surface area contributed by atoms with E-state index < -0.39 is 0 Å². The third kappa shape index (κ3) is 3.04. The molecule has 0 atom stereocenters. The number of rotatable bonds is 4. The fraction of sp³-hybridized carbons (Fsp3) is 0.929. The molecule has 2 saturated heterocycles. The standard InChI is InChI=1S/C14H26N2O2/c1-4-15-7-5-14(6-8-15)10-16(11-14)13(17)9-18-12(2)3/h12H,4-11H2,1-3H3. The van der Waals surface area contributed by atoms with Crippen LogP contribution in [0.25, 0.3) is 0 Å². The van der Waals surface area contributed by atoms with E-state index in [4.69, 9.17) is 4.74 Å². The van der Waals surface area contributed by atoms with Gasteiger partial charge < -0.3 is 14.5 Å². The van der Waals surface area contributed by atoms with Crippen LogP contribution in [0.5, 0.6) is 0 Å². The average molecular weight is 254 g/mol. The van der Waals surface area contributed by atoms with Gasteiger partial charge in [-0.15, -0.1) is 0 Å². The number of amides is 1. The molecule has 0 aromatic heterocycles. The summed E-state index contributed by atoms with van der Waals surface area (Å²) in [4.78, 5) is 16.3.